The molecule has 17 heavy (non-hydrogen) atoms. The second-order valence-electron chi connectivity index (χ2n) is 4.51. The van der Waals surface area contributed by atoms with Crippen LogP contribution in [0.1, 0.15) is 30.0 Å². The maximum atomic E-state index is 6.64. The van der Waals surface area contributed by atoms with Crippen molar-refractivity contribution in [3.63, 3.8) is 0 Å². The summed E-state index contributed by atoms with van der Waals surface area (Å²) in [5.41, 5.74) is 9.90. The third kappa shape index (κ3) is 2.11. The van der Waals surface area contributed by atoms with Crippen LogP contribution in [0.4, 0.5) is 0 Å². The number of nitrogens with two attached hydrogens (primary N) is 1. The zero-order valence-corrected chi connectivity index (χ0v) is 10.5. The van der Waals surface area contributed by atoms with Gasteiger partial charge in [-0.05, 0) is 30.0 Å². The Labute approximate surface area is 103 Å². The maximum absolute atomic E-state index is 6.64. The highest BCUT2D eigenvalue weighted by Crippen LogP contribution is 2.31. The summed E-state index contributed by atoms with van der Waals surface area (Å²) < 4.78 is 0. The van der Waals surface area contributed by atoms with Gasteiger partial charge in [-0.2, -0.15) is 0 Å². The van der Waals surface area contributed by atoms with E-state index in [1.54, 1.807) is 0 Å². The van der Waals surface area contributed by atoms with Crippen molar-refractivity contribution in [2.24, 2.45) is 5.73 Å². The molecule has 0 aliphatic rings. The second kappa shape index (κ2) is 4.72. The van der Waals surface area contributed by atoms with Gasteiger partial charge in [-0.1, -0.05) is 61.5 Å². The minimum Gasteiger partial charge on any atom is -0.318 e. The first-order valence-corrected chi connectivity index (χ1v) is 6.09. The Morgan fingerprint density at radius 3 is 2.12 bits per heavy atom. The molecule has 0 radical (unpaired) electrons. The molecule has 0 aromatic heterocycles. The lowest BCUT2D eigenvalue weighted by atomic mass is 9.80. The fourth-order valence-electron chi connectivity index (χ4n) is 2.36. The van der Waals surface area contributed by atoms with E-state index in [0.717, 1.165) is 6.42 Å². The third-order valence-corrected chi connectivity index (χ3v) is 3.47. The monoisotopic (exact) mass is 225 g/mol. The van der Waals surface area contributed by atoms with E-state index < -0.39 is 0 Å². The number of hydrogen-bond acceptors (Lipinski definition) is 1. The van der Waals surface area contributed by atoms with Crippen molar-refractivity contribution in [1.29, 1.82) is 0 Å². The summed E-state index contributed by atoms with van der Waals surface area (Å²) in [6.07, 6.45) is 0.891. The molecule has 0 saturated heterocycles. The molecule has 2 rings (SSSR count). The van der Waals surface area contributed by atoms with Crippen LogP contribution in [-0.4, -0.2) is 0 Å². The van der Waals surface area contributed by atoms with E-state index in [2.05, 4.69) is 50.2 Å². The van der Waals surface area contributed by atoms with E-state index in [1.165, 1.54) is 16.7 Å². The molecule has 0 fully saturated rings. The van der Waals surface area contributed by atoms with E-state index in [1.807, 2.05) is 18.2 Å². The van der Waals surface area contributed by atoms with Crippen LogP contribution >= 0.6 is 0 Å². The van der Waals surface area contributed by atoms with Gasteiger partial charge in [0.25, 0.3) is 0 Å². The minimum atomic E-state index is -0.382. The van der Waals surface area contributed by atoms with E-state index in [4.69, 9.17) is 5.73 Å². The van der Waals surface area contributed by atoms with Gasteiger partial charge >= 0.3 is 0 Å². The Balaban J connectivity index is 2.56. The smallest absolute Gasteiger partial charge is 0.0665 e. The van der Waals surface area contributed by atoms with Crippen LogP contribution in [0.5, 0.6) is 0 Å². The van der Waals surface area contributed by atoms with Crippen LogP contribution in [0.15, 0.2) is 54.6 Å². The molecule has 2 N–H and O–H groups in total. The van der Waals surface area contributed by atoms with Crippen LogP contribution in [0.2, 0.25) is 0 Å². The number of rotatable bonds is 3. The fraction of sp³-hybridized carbons (Fsp3) is 0.250. The molecule has 2 aromatic rings. The molecular weight excluding hydrogens is 206 g/mol. The third-order valence-electron chi connectivity index (χ3n) is 3.47. The summed E-state index contributed by atoms with van der Waals surface area (Å²) in [5, 5.41) is 0. The van der Waals surface area contributed by atoms with Crippen LogP contribution in [0.3, 0.4) is 0 Å². The van der Waals surface area contributed by atoms with Crippen LogP contribution in [0.25, 0.3) is 0 Å². The van der Waals surface area contributed by atoms with Crippen molar-refractivity contribution < 1.29 is 0 Å². The Kier molecular flexibility index (Phi) is 3.30. The molecule has 1 atom stereocenters. The van der Waals surface area contributed by atoms with Crippen LogP contribution in [-0.2, 0) is 5.54 Å². The zero-order valence-electron chi connectivity index (χ0n) is 10.5. The van der Waals surface area contributed by atoms with Gasteiger partial charge in [0.05, 0.1) is 5.54 Å². The largest absolute Gasteiger partial charge is 0.318 e. The predicted molar refractivity (Wildman–Crippen MR) is 72.9 cm³/mol. The standard InChI is InChI=1S/C16H19N/c1-3-16(17,14-10-5-4-6-11-14)15-12-8-7-9-13(15)2/h4-12H,3,17H2,1-2H3. The quantitative estimate of drug-likeness (QED) is 0.848. The molecule has 1 nitrogen and oxygen atoms in total. The topological polar surface area (TPSA) is 26.0 Å². The van der Waals surface area contributed by atoms with Crippen molar-refractivity contribution in [2.75, 3.05) is 0 Å². The van der Waals surface area contributed by atoms with E-state index in [9.17, 15) is 0 Å². The average molecular weight is 225 g/mol. The Bertz CT molecular complexity index is 490. The Hall–Kier alpha value is -1.60. The number of aryl methyl sites for hydroxylation is 1. The maximum Gasteiger partial charge on any atom is 0.0665 e. The highest BCUT2D eigenvalue weighted by molar-refractivity contribution is 5.41. The molecule has 0 heterocycles. The highest BCUT2D eigenvalue weighted by Gasteiger charge is 2.28. The van der Waals surface area contributed by atoms with Gasteiger partial charge in [0.15, 0.2) is 0 Å². The lowest BCUT2D eigenvalue weighted by Crippen LogP contribution is -2.37. The van der Waals surface area contributed by atoms with Gasteiger partial charge in [-0.3, -0.25) is 0 Å². The van der Waals surface area contributed by atoms with Gasteiger partial charge in [0.2, 0.25) is 0 Å². The predicted octanol–water partition coefficient (Wildman–Crippen LogP) is 3.61. The first-order chi connectivity index (χ1) is 8.18. The van der Waals surface area contributed by atoms with Crippen molar-refractivity contribution in [1.82, 2.24) is 0 Å². The van der Waals surface area contributed by atoms with Crippen molar-refractivity contribution >= 4 is 0 Å². The molecule has 88 valence electrons. The van der Waals surface area contributed by atoms with E-state index >= 15 is 0 Å². The first kappa shape index (κ1) is 11.9. The van der Waals surface area contributed by atoms with Gasteiger partial charge < -0.3 is 5.73 Å². The van der Waals surface area contributed by atoms with E-state index in [-0.39, 0.29) is 5.54 Å². The molecule has 0 bridgehead atoms. The SMILES string of the molecule is CCC(N)(c1ccccc1)c1ccccc1C. The second-order valence-corrected chi connectivity index (χ2v) is 4.51. The highest BCUT2D eigenvalue weighted by atomic mass is 14.7. The van der Waals surface area contributed by atoms with Crippen LogP contribution < -0.4 is 5.73 Å². The number of benzene rings is 2. The van der Waals surface area contributed by atoms with Gasteiger partial charge in [0.1, 0.15) is 0 Å². The minimum absolute atomic E-state index is 0.382. The molecule has 2 aromatic carbocycles. The Morgan fingerprint density at radius 1 is 0.941 bits per heavy atom. The number of hydrogen-bond donors (Lipinski definition) is 1. The summed E-state index contributed by atoms with van der Waals surface area (Å²) in [4.78, 5) is 0. The van der Waals surface area contributed by atoms with Crippen molar-refractivity contribution in [3.8, 4) is 0 Å². The molecule has 0 spiro atoms. The molecular formula is C16H19N. The summed E-state index contributed by atoms with van der Waals surface area (Å²) in [5.74, 6) is 0. The molecule has 0 amide bonds. The fourth-order valence-corrected chi connectivity index (χ4v) is 2.36. The van der Waals surface area contributed by atoms with Gasteiger partial charge in [0, 0.05) is 0 Å². The zero-order chi connectivity index (χ0) is 12.3. The summed E-state index contributed by atoms with van der Waals surface area (Å²) >= 11 is 0. The van der Waals surface area contributed by atoms with E-state index in [0.29, 0.717) is 0 Å². The van der Waals surface area contributed by atoms with Gasteiger partial charge in [-0.25, -0.2) is 0 Å². The van der Waals surface area contributed by atoms with Gasteiger partial charge in [-0.15, -0.1) is 0 Å². The Morgan fingerprint density at radius 2 is 1.53 bits per heavy atom. The summed E-state index contributed by atoms with van der Waals surface area (Å²) in [6.45, 7) is 4.26. The molecule has 1 unspecified atom stereocenters. The van der Waals surface area contributed by atoms with Crippen molar-refractivity contribution in [3.05, 3.63) is 71.3 Å². The first-order valence-electron chi connectivity index (χ1n) is 6.09. The molecule has 0 aliphatic carbocycles. The van der Waals surface area contributed by atoms with Crippen LogP contribution in [0, 0.1) is 6.92 Å². The summed E-state index contributed by atoms with van der Waals surface area (Å²) in [6, 6.07) is 18.7. The summed E-state index contributed by atoms with van der Waals surface area (Å²) in [7, 11) is 0. The van der Waals surface area contributed by atoms with Crippen molar-refractivity contribution in [2.45, 2.75) is 25.8 Å². The molecule has 1 heteroatoms. The normalized spacial score (nSPS) is 14.3. The lowest BCUT2D eigenvalue weighted by Gasteiger charge is -2.31. The average Bonchev–Trinajstić information content (AvgIpc) is 2.39. The lowest BCUT2D eigenvalue weighted by molar-refractivity contribution is 0.516. The molecule has 0 aliphatic heterocycles. The molecule has 0 saturated carbocycles.